The smallest absolute Gasteiger partial charge is 0.177 e. The van der Waals surface area contributed by atoms with Gasteiger partial charge in [-0.25, -0.2) is 0 Å². The zero-order valence-electron chi connectivity index (χ0n) is 7.75. The Kier molecular flexibility index (Phi) is 2.28. The minimum absolute atomic E-state index is 0.203. The summed E-state index contributed by atoms with van der Waals surface area (Å²) in [5.74, 6) is 0.406. The predicted octanol–water partition coefficient (Wildman–Crippen LogP) is -0.507. The zero-order chi connectivity index (χ0) is 10.7. The molecule has 7 nitrogen and oxygen atoms in total. The number of amidine groups is 2. The van der Waals surface area contributed by atoms with E-state index in [2.05, 4.69) is 25.7 Å². The summed E-state index contributed by atoms with van der Waals surface area (Å²) in [5, 5.41) is 11.2. The molecule has 76 valence electrons. The number of pyridine rings is 1. The Labute approximate surface area is 85.6 Å². The van der Waals surface area contributed by atoms with Crippen LogP contribution in [-0.4, -0.2) is 22.4 Å². The van der Waals surface area contributed by atoms with E-state index in [0.717, 1.165) is 5.69 Å². The summed E-state index contributed by atoms with van der Waals surface area (Å²) in [6, 6.07) is 3.53. The number of anilines is 1. The number of nitrogens with two attached hydrogens (primary N) is 2. The van der Waals surface area contributed by atoms with Gasteiger partial charge in [0.15, 0.2) is 17.4 Å². The van der Waals surface area contributed by atoms with E-state index < -0.39 is 0 Å². The monoisotopic (exact) mass is 203 g/mol. The van der Waals surface area contributed by atoms with Gasteiger partial charge in [0.05, 0.1) is 5.69 Å². The van der Waals surface area contributed by atoms with Gasteiger partial charge >= 0.3 is 0 Å². The fourth-order valence-electron chi connectivity index (χ4n) is 0.995. The van der Waals surface area contributed by atoms with Crippen LogP contribution in [0.2, 0.25) is 0 Å². The third kappa shape index (κ3) is 1.90. The van der Waals surface area contributed by atoms with Crippen molar-refractivity contribution in [2.75, 3.05) is 5.43 Å². The Morgan fingerprint density at radius 3 is 2.27 bits per heavy atom. The quantitative estimate of drug-likeness (QED) is 0.561. The molecule has 0 atom stereocenters. The summed E-state index contributed by atoms with van der Waals surface area (Å²) in [7, 11) is 0. The minimum Gasteiger partial charge on any atom is -0.380 e. The van der Waals surface area contributed by atoms with E-state index in [9.17, 15) is 0 Å². The van der Waals surface area contributed by atoms with Crippen LogP contribution in [-0.2, 0) is 0 Å². The van der Waals surface area contributed by atoms with Crippen LogP contribution in [0.15, 0.2) is 39.8 Å². The Balaban J connectivity index is 2.13. The standard InChI is InChI=1S/C8H9N7/c9-7-6(8(10)15-14-7)13-12-5-1-3-11-4-2-5/h1-4H,(H,11,12)(H4,9,10,13,14,15). The summed E-state index contributed by atoms with van der Waals surface area (Å²) in [6.07, 6.45) is 3.29. The highest BCUT2D eigenvalue weighted by atomic mass is 15.4. The number of nitrogens with zero attached hydrogens (tertiary/aromatic N) is 4. The SMILES string of the molecule is NC1=NN=C(N)C1=NNc1ccncc1. The number of aromatic nitrogens is 1. The molecule has 0 saturated heterocycles. The molecule has 1 aromatic heterocycles. The van der Waals surface area contributed by atoms with Crippen molar-refractivity contribution in [1.29, 1.82) is 0 Å². The van der Waals surface area contributed by atoms with E-state index in [0.29, 0.717) is 5.71 Å². The fourth-order valence-corrected chi connectivity index (χ4v) is 0.995. The molecule has 2 heterocycles. The van der Waals surface area contributed by atoms with Crippen molar-refractivity contribution < 1.29 is 0 Å². The van der Waals surface area contributed by atoms with Crippen molar-refractivity contribution >= 4 is 23.1 Å². The summed E-state index contributed by atoms with van der Waals surface area (Å²) in [6.45, 7) is 0. The van der Waals surface area contributed by atoms with E-state index in [1.165, 1.54) is 0 Å². The van der Waals surface area contributed by atoms with Gasteiger partial charge in [-0.1, -0.05) is 0 Å². The van der Waals surface area contributed by atoms with Gasteiger partial charge in [-0.05, 0) is 12.1 Å². The largest absolute Gasteiger partial charge is 0.380 e. The average molecular weight is 203 g/mol. The predicted molar refractivity (Wildman–Crippen MR) is 58.5 cm³/mol. The third-order valence-electron chi connectivity index (χ3n) is 1.73. The minimum atomic E-state index is 0.203. The number of hydrazone groups is 1. The van der Waals surface area contributed by atoms with Gasteiger partial charge in [0.2, 0.25) is 0 Å². The van der Waals surface area contributed by atoms with Crippen LogP contribution in [0.3, 0.4) is 0 Å². The van der Waals surface area contributed by atoms with E-state index in [-0.39, 0.29) is 11.7 Å². The molecule has 2 rings (SSSR count). The highest BCUT2D eigenvalue weighted by Crippen LogP contribution is 2.03. The number of nitrogens with one attached hydrogen (secondary N) is 1. The average Bonchev–Trinajstić information content (AvgIpc) is 2.58. The molecule has 5 N–H and O–H groups in total. The fraction of sp³-hybridized carbons (Fsp3) is 0. The summed E-state index contributed by atoms with van der Waals surface area (Å²) in [4.78, 5) is 3.87. The summed E-state index contributed by atoms with van der Waals surface area (Å²) in [5.41, 5.74) is 14.9. The molecule has 15 heavy (non-hydrogen) atoms. The first kappa shape index (κ1) is 9.13. The second-order valence-electron chi connectivity index (χ2n) is 2.78. The second-order valence-corrected chi connectivity index (χ2v) is 2.78. The van der Waals surface area contributed by atoms with Crippen LogP contribution in [0.25, 0.3) is 0 Å². The maximum absolute atomic E-state index is 5.51. The Morgan fingerprint density at radius 1 is 1.07 bits per heavy atom. The summed E-state index contributed by atoms with van der Waals surface area (Å²) < 4.78 is 0. The van der Waals surface area contributed by atoms with Gasteiger partial charge in [-0.15, -0.1) is 10.2 Å². The third-order valence-corrected chi connectivity index (χ3v) is 1.73. The molecule has 0 fully saturated rings. The Hall–Kier alpha value is -2.44. The van der Waals surface area contributed by atoms with Gasteiger partial charge in [0, 0.05) is 12.4 Å². The van der Waals surface area contributed by atoms with Crippen LogP contribution in [0, 0.1) is 0 Å². The van der Waals surface area contributed by atoms with Crippen LogP contribution < -0.4 is 16.9 Å². The van der Waals surface area contributed by atoms with Gasteiger partial charge in [0.25, 0.3) is 0 Å². The molecule has 1 aromatic rings. The van der Waals surface area contributed by atoms with Crippen molar-refractivity contribution in [1.82, 2.24) is 4.98 Å². The molecule has 1 aliphatic heterocycles. The van der Waals surface area contributed by atoms with Crippen molar-refractivity contribution in [3.8, 4) is 0 Å². The molecule has 7 heteroatoms. The number of hydrogen-bond acceptors (Lipinski definition) is 7. The Bertz CT molecular complexity index is 425. The molecule has 0 aliphatic carbocycles. The lowest BCUT2D eigenvalue weighted by atomic mass is 10.3. The molecule has 0 aromatic carbocycles. The van der Waals surface area contributed by atoms with Crippen molar-refractivity contribution in [2.45, 2.75) is 0 Å². The molecule has 0 spiro atoms. The van der Waals surface area contributed by atoms with E-state index in [1.54, 1.807) is 24.5 Å². The van der Waals surface area contributed by atoms with Crippen LogP contribution >= 0.6 is 0 Å². The molecular formula is C8H9N7. The number of hydrogen-bond donors (Lipinski definition) is 3. The van der Waals surface area contributed by atoms with Gasteiger partial charge in [-0.2, -0.15) is 5.10 Å². The topological polar surface area (TPSA) is 114 Å². The lowest BCUT2D eigenvalue weighted by molar-refractivity contribution is 1.25. The molecule has 0 radical (unpaired) electrons. The van der Waals surface area contributed by atoms with Crippen molar-refractivity contribution in [2.24, 2.45) is 26.8 Å². The second kappa shape index (κ2) is 3.74. The highest BCUT2D eigenvalue weighted by molar-refractivity contribution is 6.68. The van der Waals surface area contributed by atoms with Gasteiger partial charge < -0.3 is 11.5 Å². The molecule has 0 bridgehead atoms. The lowest BCUT2D eigenvalue weighted by Crippen LogP contribution is -2.32. The highest BCUT2D eigenvalue weighted by Gasteiger charge is 2.15. The molecule has 0 saturated carbocycles. The van der Waals surface area contributed by atoms with Gasteiger partial charge in [0.1, 0.15) is 0 Å². The van der Waals surface area contributed by atoms with Crippen LogP contribution in [0.1, 0.15) is 0 Å². The first-order chi connectivity index (χ1) is 7.27. The molecule has 0 amide bonds. The van der Waals surface area contributed by atoms with E-state index in [4.69, 9.17) is 11.5 Å². The number of rotatable bonds is 2. The van der Waals surface area contributed by atoms with E-state index >= 15 is 0 Å². The lowest BCUT2D eigenvalue weighted by Gasteiger charge is -2.00. The summed E-state index contributed by atoms with van der Waals surface area (Å²) >= 11 is 0. The normalized spacial score (nSPS) is 14.5. The maximum Gasteiger partial charge on any atom is 0.177 e. The molecule has 1 aliphatic rings. The van der Waals surface area contributed by atoms with Crippen LogP contribution in [0.5, 0.6) is 0 Å². The Morgan fingerprint density at radius 2 is 1.67 bits per heavy atom. The van der Waals surface area contributed by atoms with Crippen molar-refractivity contribution in [3.63, 3.8) is 0 Å². The first-order valence-corrected chi connectivity index (χ1v) is 4.18. The molecular weight excluding hydrogens is 194 g/mol. The van der Waals surface area contributed by atoms with Crippen LogP contribution in [0.4, 0.5) is 5.69 Å². The van der Waals surface area contributed by atoms with E-state index in [1.807, 2.05) is 0 Å². The van der Waals surface area contributed by atoms with Crippen molar-refractivity contribution in [3.05, 3.63) is 24.5 Å². The maximum atomic E-state index is 5.51. The zero-order valence-corrected chi connectivity index (χ0v) is 7.75. The van der Waals surface area contributed by atoms with Gasteiger partial charge in [-0.3, -0.25) is 10.4 Å². The molecule has 0 unspecified atom stereocenters. The first-order valence-electron chi connectivity index (χ1n) is 4.18.